The lowest BCUT2D eigenvalue weighted by Crippen LogP contribution is -2.12. The summed E-state index contributed by atoms with van der Waals surface area (Å²) in [6.07, 6.45) is 0. The number of hydrogen-bond acceptors (Lipinski definition) is 2. The van der Waals surface area contributed by atoms with Gasteiger partial charge >= 0.3 is 0 Å². The van der Waals surface area contributed by atoms with Crippen molar-refractivity contribution in [2.75, 3.05) is 13.0 Å². The van der Waals surface area contributed by atoms with Gasteiger partial charge in [0, 0.05) is 11.1 Å². The summed E-state index contributed by atoms with van der Waals surface area (Å²) in [7, 11) is 1.65. The summed E-state index contributed by atoms with van der Waals surface area (Å²) in [4.78, 5) is 4.34. The molecule has 0 spiro atoms. The Hall–Kier alpha value is -2.00. The minimum atomic E-state index is 0.209. The summed E-state index contributed by atoms with van der Waals surface area (Å²) >= 11 is 5.68. The first-order chi connectivity index (χ1) is 9.26. The van der Waals surface area contributed by atoms with E-state index in [1.807, 2.05) is 48.5 Å². The van der Waals surface area contributed by atoms with Crippen molar-refractivity contribution in [3.63, 3.8) is 0 Å². The molecule has 0 aliphatic carbocycles. The van der Waals surface area contributed by atoms with Gasteiger partial charge in [-0.3, -0.25) is 0 Å². The molecule has 0 saturated heterocycles. The average molecular weight is 275 g/mol. The minimum Gasteiger partial charge on any atom is -0.496 e. The van der Waals surface area contributed by atoms with Crippen LogP contribution in [0.3, 0.4) is 0 Å². The van der Waals surface area contributed by atoms with Crippen LogP contribution in [0.1, 0.15) is 0 Å². The quantitative estimate of drug-likeness (QED) is 0.526. The normalized spacial score (nSPS) is 11.4. The molecule has 0 aliphatic heterocycles. The van der Waals surface area contributed by atoms with Gasteiger partial charge in [0.05, 0.1) is 18.7 Å². The minimum absolute atomic E-state index is 0.209. The number of hydrogen-bond donors (Lipinski definition) is 1. The van der Waals surface area contributed by atoms with Gasteiger partial charge in [0.15, 0.2) is 0 Å². The zero-order valence-corrected chi connectivity index (χ0v) is 11.4. The summed E-state index contributed by atoms with van der Waals surface area (Å²) in [5, 5.41) is 0. The van der Waals surface area contributed by atoms with Crippen LogP contribution in [0.15, 0.2) is 53.5 Å². The predicted octanol–water partition coefficient (Wildman–Crippen LogP) is 3.59. The number of nitrogens with two attached hydrogens (primary N) is 1. The Kier molecular flexibility index (Phi) is 4.42. The molecule has 0 unspecified atom stereocenters. The van der Waals surface area contributed by atoms with E-state index in [0.717, 1.165) is 22.6 Å². The molecule has 2 N–H and O–H groups in total. The largest absolute Gasteiger partial charge is 0.496 e. The first kappa shape index (κ1) is 13.4. The highest BCUT2D eigenvalue weighted by Gasteiger charge is 2.09. The van der Waals surface area contributed by atoms with Gasteiger partial charge in [-0.15, -0.1) is 11.6 Å². The van der Waals surface area contributed by atoms with E-state index in [9.17, 15) is 0 Å². The Morgan fingerprint density at radius 2 is 1.74 bits per heavy atom. The molecule has 0 fully saturated rings. The van der Waals surface area contributed by atoms with Crippen molar-refractivity contribution in [1.29, 1.82) is 0 Å². The van der Waals surface area contributed by atoms with Crippen molar-refractivity contribution in [1.82, 2.24) is 0 Å². The highest BCUT2D eigenvalue weighted by Crippen LogP contribution is 2.36. The molecule has 0 bridgehead atoms. The molecule has 2 aromatic carbocycles. The molecule has 0 atom stereocenters. The molecule has 4 heteroatoms. The number of rotatable bonds is 4. The second-order valence-corrected chi connectivity index (χ2v) is 4.22. The summed E-state index contributed by atoms with van der Waals surface area (Å²) < 4.78 is 5.38. The molecular formula is C15H15ClN2O. The Bertz CT molecular complexity index is 596. The van der Waals surface area contributed by atoms with E-state index in [1.165, 1.54) is 0 Å². The van der Waals surface area contributed by atoms with Crippen LogP contribution in [0.4, 0.5) is 5.69 Å². The molecule has 0 radical (unpaired) electrons. The second kappa shape index (κ2) is 6.25. The van der Waals surface area contributed by atoms with Gasteiger partial charge < -0.3 is 10.5 Å². The number of halogens is 1. The van der Waals surface area contributed by atoms with Crippen LogP contribution in [0.25, 0.3) is 11.1 Å². The number of nitrogens with zero attached hydrogens (tertiary/aromatic N) is 1. The molecule has 0 amide bonds. The predicted molar refractivity (Wildman–Crippen MR) is 80.4 cm³/mol. The van der Waals surface area contributed by atoms with Gasteiger partial charge in [-0.05, 0) is 12.1 Å². The fraction of sp³-hybridized carbons (Fsp3) is 0.133. The third kappa shape index (κ3) is 3.06. The first-order valence-electron chi connectivity index (χ1n) is 5.87. The maximum atomic E-state index is 5.71. The van der Waals surface area contributed by atoms with Crippen molar-refractivity contribution >= 4 is 23.1 Å². The van der Waals surface area contributed by atoms with Crippen LogP contribution in [0.5, 0.6) is 5.75 Å². The Morgan fingerprint density at radius 3 is 2.42 bits per heavy atom. The van der Waals surface area contributed by atoms with Crippen molar-refractivity contribution in [3.8, 4) is 16.9 Å². The lowest BCUT2D eigenvalue weighted by Gasteiger charge is -2.10. The van der Waals surface area contributed by atoms with Gasteiger partial charge in [-0.25, -0.2) is 4.99 Å². The van der Waals surface area contributed by atoms with Gasteiger partial charge in [0.2, 0.25) is 0 Å². The topological polar surface area (TPSA) is 47.6 Å². The van der Waals surface area contributed by atoms with Crippen molar-refractivity contribution in [3.05, 3.63) is 48.5 Å². The van der Waals surface area contributed by atoms with Gasteiger partial charge in [0.1, 0.15) is 11.6 Å². The number of benzene rings is 2. The number of amidine groups is 1. The zero-order valence-electron chi connectivity index (χ0n) is 10.6. The van der Waals surface area contributed by atoms with Crippen LogP contribution in [0, 0.1) is 0 Å². The number of ether oxygens (including phenoxy) is 1. The monoisotopic (exact) mass is 274 g/mol. The van der Waals surface area contributed by atoms with Gasteiger partial charge in [0.25, 0.3) is 0 Å². The number of aliphatic imine (C=N–C) groups is 1. The standard InChI is InChI=1S/C15H15ClN2O/c1-19-14-9-5-3-7-12(14)11-6-2-4-8-13(11)18-15(17)10-16/h2-9H,10H2,1H3,(H2,17,18). The molecule has 3 nitrogen and oxygen atoms in total. The van der Waals surface area contributed by atoms with E-state index < -0.39 is 0 Å². The lowest BCUT2D eigenvalue weighted by atomic mass is 10.0. The molecular weight excluding hydrogens is 260 g/mol. The maximum absolute atomic E-state index is 5.71. The fourth-order valence-electron chi connectivity index (χ4n) is 1.85. The Balaban J connectivity index is 2.56. The summed E-state index contributed by atoms with van der Waals surface area (Å²) in [6.45, 7) is 0. The van der Waals surface area contributed by atoms with Gasteiger partial charge in [-0.1, -0.05) is 36.4 Å². The third-order valence-corrected chi connectivity index (χ3v) is 2.98. The molecule has 0 aliphatic rings. The first-order valence-corrected chi connectivity index (χ1v) is 6.41. The van der Waals surface area contributed by atoms with E-state index >= 15 is 0 Å². The zero-order chi connectivity index (χ0) is 13.7. The fourth-order valence-corrected chi connectivity index (χ4v) is 1.91. The molecule has 2 aromatic rings. The smallest absolute Gasteiger partial charge is 0.126 e. The second-order valence-electron chi connectivity index (χ2n) is 3.95. The van der Waals surface area contributed by atoms with E-state index in [1.54, 1.807) is 7.11 Å². The van der Waals surface area contributed by atoms with E-state index in [2.05, 4.69) is 4.99 Å². The highest BCUT2D eigenvalue weighted by atomic mass is 35.5. The maximum Gasteiger partial charge on any atom is 0.126 e. The van der Waals surface area contributed by atoms with Crippen molar-refractivity contribution in [2.45, 2.75) is 0 Å². The molecule has 98 valence electrons. The van der Waals surface area contributed by atoms with Crippen molar-refractivity contribution in [2.24, 2.45) is 10.7 Å². The van der Waals surface area contributed by atoms with E-state index in [-0.39, 0.29) is 5.88 Å². The van der Waals surface area contributed by atoms with Crippen LogP contribution in [-0.4, -0.2) is 18.8 Å². The van der Waals surface area contributed by atoms with Crippen LogP contribution >= 0.6 is 11.6 Å². The third-order valence-electron chi connectivity index (χ3n) is 2.70. The van der Waals surface area contributed by atoms with Gasteiger partial charge in [-0.2, -0.15) is 0 Å². The lowest BCUT2D eigenvalue weighted by molar-refractivity contribution is 0.416. The summed E-state index contributed by atoms with van der Waals surface area (Å²) in [5.41, 5.74) is 8.44. The summed E-state index contributed by atoms with van der Waals surface area (Å²) in [5.74, 6) is 1.40. The number of para-hydroxylation sites is 2. The molecule has 19 heavy (non-hydrogen) atoms. The number of alkyl halides is 1. The van der Waals surface area contributed by atoms with Crippen LogP contribution in [0.2, 0.25) is 0 Å². The number of methoxy groups -OCH3 is 1. The highest BCUT2D eigenvalue weighted by molar-refractivity contribution is 6.28. The Morgan fingerprint density at radius 1 is 1.11 bits per heavy atom. The molecule has 0 heterocycles. The van der Waals surface area contributed by atoms with Crippen LogP contribution in [-0.2, 0) is 0 Å². The molecule has 2 rings (SSSR count). The van der Waals surface area contributed by atoms with Crippen molar-refractivity contribution < 1.29 is 4.74 Å². The van der Waals surface area contributed by atoms with E-state index in [4.69, 9.17) is 22.1 Å². The molecule has 0 saturated carbocycles. The Labute approximate surface area is 117 Å². The summed E-state index contributed by atoms with van der Waals surface area (Å²) in [6, 6.07) is 15.6. The SMILES string of the molecule is COc1ccccc1-c1ccccc1N=C(N)CCl. The van der Waals surface area contributed by atoms with E-state index in [0.29, 0.717) is 5.84 Å². The molecule has 0 aromatic heterocycles. The van der Waals surface area contributed by atoms with Crippen LogP contribution < -0.4 is 10.5 Å². The average Bonchev–Trinajstić information content (AvgIpc) is 2.47.